The molecule has 144 valence electrons. The molecule has 0 aromatic heterocycles. The van der Waals surface area contributed by atoms with Crippen LogP contribution in [0.1, 0.15) is 24.0 Å². The van der Waals surface area contributed by atoms with Crippen LogP contribution < -0.4 is 0 Å². The number of rotatable bonds is 5. The molecule has 5 rings (SSSR count). The largest absolute Gasteiger partial charge is 0.453 e. The molecule has 0 radical (unpaired) electrons. The fraction of sp³-hybridized carbons (Fsp3) is 0.375. The highest BCUT2D eigenvalue weighted by Gasteiger charge is 2.51. The van der Waals surface area contributed by atoms with E-state index in [1.165, 1.54) is 0 Å². The Bertz CT molecular complexity index is 827. The van der Waals surface area contributed by atoms with Crippen molar-refractivity contribution in [2.75, 3.05) is 26.2 Å². The van der Waals surface area contributed by atoms with E-state index in [1.807, 2.05) is 0 Å². The second-order valence-corrected chi connectivity index (χ2v) is 8.01. The molecule has 2 aromatic rings. The molecule has 0 N–H and O–H groups in total. The number of carbonyl (C=O) groups excluding carboxylic acids is 1. The number of hydrogen-bond acceptors (Lipinski definition) is 2. The van der Waals surface area contributed by atoms with Gasteiger partial charge in [-0.05, 0) is 5.92 Å². The molecule has 2 bridgehead atoms. The minimum absolute atomic E-state index is 0.286. The minimum Gasteiger partial charge on any atom is -0.453 e. The van der Waals surface area contributed by atoms with Crippen LogP contribution in [-0.2, 0) is 15.2 Å². The van der Waals surface area contributed by atoms with E-state index in [0.717, 1.165) is 30.4 Å². The van der Waals surface area contributed by atoms with E-state index in [-0.39, 0.29) is 12.0 Å². The Morgan fingerprint density at radius 1 is 1.07 bits per heavy atom. The highest BCUT2D eigenvalue weighted by molar-refractivity contribution is 5.85. The van der Waals surface area contributed by atoms with Gasteiger partial charge < -0.3 is 9.22 Å². The number of piperidine rings is 3. The summed E-state index contributed by atoms with van der Waals surface area (Å²) in [4.78, 5) is 13.2. The summed E-state index contributed by atoms with van der Waals surface area (Å²) in [6.45, 7) is 3.35. The molecule has 3 heterocycles. The minimum atomic E-state index is -2.33. The number of terminal acetylenes is 1. The number of ether oxygens (including phenoxy) is 1. The van der Waals surface area contributed by atoms with Crippen molar-refractivity contribution in [3.05, 3.63) is 71.8 Å². The molecule has 28 heavy (non-hydrogen) atoms. The second-order valence-electron chi connectivity index (χ2n) is 8.01. The second kappa shape index (κ2) is 7.41. The van der Waals surface area contributed by atoms with Gasteiger partial charge in [-0.15, -0.1) is 6.42 Å². The Morgan fingerprint density at radius 3 is 2.11 bits per heavy atom. The smallest absolute Gasteiger partial charge is 0.353 e. The van der Waals surface area contributed by atoms with Gasteiger partial charge in [-0.2, -0.15) is 0 Å². The average Bonchev–Trinajstić information content (AvgIpc) is 2.75. The molecule has 4 heteroatoms. The molecular weight excluding hydrogens is 353 g/mol. The zero-order valence-corrected chi connectivity index (χ0v) is 15.9. The number of alkyl halides is 1. The van der Waals surface area contributed by atoms with Crippen molar-refractivity contribution in [2.45, 2.75) is 24.6 Å². The summed E-state index contributed by atoms with van der Waals surface area (Å²) >= 11 is 0. The summed E-state index contributed by atoms with van der Waals surface area (Å²) in [6.07, 6.45) is 7.22. The standard InChI is InChI=1S/C24H25FNO2/c1-2-15-26-16-13-19(14-17-26)22(18-26)28-23(27)24(25,20-9-5-3-6-10-20)21-11-7-4-8-12-21/h1,3-12,19,22H,13-18H2/q+1/t19?,22-,26?/m0/s1. The maximum absolute atomic E-state index is 16.4. The van der Waals surface area contributed by atoms with Gasteiger partial charge in [0.1, 0.15) is 13.1 Å². The molecule has 2 aromatic carbocycles. The van der Waals surface area contributed by atoms with Crippen molar-refractivity contribution >= 4 is 5.97 Å². The fourth-order valence-electron chi connectivity index (χ4n) is 4.73. The van der Waals surface area contributed by atoms with Gasteiger partial charge in [0.2, 0.25) is 0 Å². The third-order valence-corrected chi connectivity index (χ3v) is 6.35. The van der Waals surface area contributed by atoms with Crippen LogP contribution in [0.25, 0.3) is 0 Å². The van der Waals surface area contributed by atoms with Crippen LogP contribution in [0.5, 0.6) is 0 Å². The maximum Gasteiger partial charge on any atom is 0.353 e. The van der Waals surface area contributed by atoms with E-state index in [1.54, 1.807) is 60.7 Å². The molecule has 3 saturated heterocycles. The van der Waals surface area contributed by atoms with E-state index in [2.05, 4.69) is 5.92 Å². The Kier molecular flexibility index (Phi) is 4.95. The van der Waals surface area contributed by atoms with Gasteiger partial charge in [0.15, 0.2) is 6.10 Å². The van der Waals surface area contributed by atoms with E-state index in [4.69, 9.17) is 11.2 Å². The van der Waals surface area contributed by atoms with Crippen molar-refractivity contribution in [1.29, 1.82) is 0 Å². The third-order valence-electron chi connectivity index (χ3n) is 6.35. The van der Waals surface area contributed by atoms with Gasteiger partial charge in [-0.25, -0.2) is 9.18 Å². The van der Waals surface area contributed by atoms with E-state index in [0.29, 0.717) is 24.2 Å². The van der Waals surface area contributed by atoms with E-state index >= 15 is 4.39 Å². The van der Waals surface area contributed by atoms with E-state index in [9.17, 15) is 4.79 Å². The Hall–Kier alpha value is -2.64. The van der Waals surface area contributed by atoms with Crippen molar-refractivity contribution in [1.82, 2.24) is 0 Å². The summed E-state index contributed by atoms with van der Waals surface area (Å²) in [7, 11) is 0. The van der Waals surface area contributed by atoms with Crippen molar-refractivity contribution in [3.8, 4) is 12.3 Å². The van der Waals surface area contributed by atoms with Gasteiger partial charge >= 0.3 is 5.97 Å². The van der Waals surface area contributed by atoms with Crippen LogP contribution in [0.2, 0.25) is 0 Å². The zero-order chi connectivity index (χ0) is 19.6. The summed E-state index contributed by atoms with van der Waals surface area (Å²) in [5.74, 6) is 2.23. The molecule has 3 aliphatic heterocycles. The SMILES string of the molecule is C#CC[N+]12CCC(CC1)[C@@H](OC(=O)C(F)(c1ccccc1)c1ccccc1)C2. The molecule has 3 nitrogen and oxygen atoms in total. The van der Waals surface area contributed by atoms with Crippen molar-refractivity contribution < 1.29 is 18.4 Å². The predicted molar refractivity (Wildman–Crippen MR) is 106 cm³/mol. The lowest BCUT2D eigenvalue weighted by atomic mass is 9.82. The fourth-order valence-corrected chi connectivity index (χ4v) is 4.73. The van der Waals surface area contributed by atoms with Crippen molar-refractivity contribution in [3.63, 3.8) is 0 Å². The monoisotopic (exact) mass is 378 g/mol. The molecule has 3 aliphatic rings. The third kappa shape index (κ3) is 3.21. The highest BCUT2D eigenvalue weighted by atomic mass is 19.1. The lowest BCUT2D eigenvalue weighted by Crippen LogP contribution is -2.64. The first-order valence-electron chi connectivity index (χ1n) is 9.87. The zero-order valence-electron chi connectivity index (χ0n) is 15.9. The first kappa shape index (κ1) is 18.7. The lowest BCUT2D eigenvalue weighted by Gasteiger charge is -2.51. The van der Waals surface area contributed by atoms with Crippen molar-refractivity contribution in [2.24, 2.45) is 5.92 Å². The highest BCUT2D eigenvalue weighted by Crippen LogP contribution is 2.39. The number of fused-ring (bicyclic) bond motifs is 3. The number of quaternary nitrogens is 1. The van der Waals surface area contributed by atoms with Crippen LogP contribution >= 0.6 is 0 Å². The van der Waals surface area contributed by atoms with Gasteiger partial charge in [0.25, 0.3) is 5.67 Å². The van der Waals surface area contributed by atoms with Crippen LogP contribution in [-0.4, -0.2) is 42.7 Å². The molecular formula is C24H25FNO2+. The quantitative estimate of drug-likeness (QED) is 0.451. The average molecular weight is 378 g/mol. The van der Waals surface area contributed by atoms with Gasteiger partial charge in [-0.3, -0.25) is 0 Å². The number of esters is 1. The lowest BCUT2D eigenvalue weighted by molar-refractivity contribution is -0.939. The number of halogens is 1. The predicted octanol–water partition coefficient (Wildman–Crippen LogP) is 3.69. The van der Waals surface area contributed by atoms with Gasteiger partial charge in [-0.1, -0.05) is 60.7 Å². The van der Waals surface area contributed by atoms with E-state index < -0.39 is 11.6 Å². The Balaban J connectivity index is 1.63. The molecule has 0 aliphatic carbocycles. The Morgan fingerprint density at radius 2 is 1.61 bits per heavy atom. The molecule has 1 atom stereocenters. The number of nitrogens with zero attached hydrogens (tertiary/aromatic N) is 1. The molecule has 3 fully saturated rings. The molecule has 0 unspecified atom stereocenters. The Labute approximate surface area is 165 Å². The number of carbonyl (C=O) groups is 1. The van der Waals surface area contributed by atoms with Crippen LogP contribution in [0.3, 0.4) is 0 Å². The summed E-state index contributed by atoms with van der Waals surface area (Å²) in [5.41, 5.74) is -1.74. The van der Waals surface area contributed by atoms with Crippen LogP contribution in [0, 0.1) is 18.3 Å². The van der Waals surface area contributed by atoms with Crippen LogP contribution in [0.4, 0.5) is 4.39 Å². The van der Waals surface area contributed by atoms with Gasteiger partial charge in [0.05, 0.1) is 13.1 Å². The number of hydrogen-bond donors (Lipinski definition) is 0. The summed E-state index contributed by atoms with van der Waals surface area (Å²) < 4.78 is 23.0. The molecule has 0 saturated carbocycles. The summed E-state index contributed by atoms with van der Waals surface area (Å²) in [5, 5.41) is 0. The first-order valence-corrected chi connectivity index (χ1v) is 9.87. The molecule has 0 amide bonds. The normalized spacial score (nSPS) is 26.4. The maximum atomic E-state index is 16.4. The topological polar surface area (TPSA) is 26.3 Å². The first-order chi connectivity index (χ1) is 13.6. The molecule has 0 spiro atoms. The van der Waals surface area contributed by atoms with Crippen LogP contribution in [0.15, 0.2) is 60.7 Å². The number of benzene rings is 2. The summed E-state index contributed by atoms with van der Waals surface area (Å²) in [6, 6.07) is 17.1. The van der Waals surface area contributed by atoms with Gasteiger partial charge in [0, 0.05) is 29.9 Å².